The highest BCUT2D eigenvalue weighted by molar-refractivity contribution is 6.27. The minimum atomic E-state index is -0.329. The molecule has 0 aromatic carbocycles. The second kappa shape index (κ2) is 6.74. The molecule has 0 radical (unpaired) electrons. The average molecular weight is 244 g/mol. The third kappa shape index (κ3) is 6.63. The summed E-state index contributed by atoms with van der Waals surface area (Å²) in [5.41, 5.74) is 0.0704. The highest BCUT2D eigenvalue weighted by Gasteiger charge is 2.15. The van der Waals surface area contributed by atoms with Gasteiger partial charge in [-0.2, -0.15) is 0 Å². The van der Waals surface area contributed by atoms with Crippen LogP contribution in [-0.4, -0.2) is 53.0 Å². The van der Waals surface area contributed by atoms with Crippen molar-refractivity contribution in [2.24, 2.45) is 5.92 Å². The summed E-state index contributed by atoms with van der Waals surface area (Å²) in [6.07, 6.45) is 0. The zero-order valence-corrected chi connectivity index (χ0v) is 12.8. The van der Waals surface area contributed by atoms with Crippen molar-refractivity contribution in [3.63, 3.8) is 0 Å². The second-order valence-electron chi connectivity index (χ2n) is 5.91. The largest absolute Gasteiger partial charge is 0.419 e. The van der Waals surface area contributed by atoms with Crippen molar-refractivity contribution in [1.29, 1.82) is 0 Å². The molecule has 1 fully saturated rings. The van der Waals surface area contributed by atoms with Crippen LogP contribution in [0.15, 0.2) is 0 Å². The molecule has 0 amide bonds. The van der Waals surface area contributed by atoms with Crippen molar-refractivity contribution in [2.75, 3.05) is 32.7 Å². The summed E-state index contributed by atoms with van der Waals surface area (Å²) in [6.45, 7) is 14.8. The van der Waals surface area contributed by atoms with E-state index in [-0.39, 0.29) is 15.4 Å². The molecule has 1 rings (SSSR count). The van der Waals surface area contributed by atoms with Crippen molar-refractivity contribution in [1.82, 2.24) is 10.2 Å². The molecule has 96 valence electrons. The number of nitrogens with zero attached hydrogens (tertiary/aromatic N) is 1. The first-order valence-corrected chi connectivity index (χ1v) is 8.12. The zero-order chi connectivity index (χ0) is 12.0. The molecule has 1 heterocycles. The van der Waals surface area contributed by atoms with E-state index in [1.165, 1.54) is 25.7 Å². The highest BCUT2D eigenvalue weighted by atomic mass is 28.2. The number of nitrogens with one attached hydrogen (secondary N) is 1. The van der Waals surface area contributed by atoms with Crippen molar-refractivity contribution in [3.05, 3.63) is 0 Å². The van der Waals surface area contributed by atoms with Crippen molar-refractivity contribution < 1.29 is 4.43 Å². The molecule has 16 heavy (non-hydrogen) atoms. The van der Waals surface area contributed by atoms with E-state index in [0.29, 0.717) is 0 Å². The first-order valence-electron chi connectivity index (χ1n) is 6.54. The molecule has 1 aliphatic heterocycles. The molecular weight excluding hydrogens is 216 g/mol. The van der Waals surface area contributed by atoms with Gasteiger partial charge in [-0.25, -0.2) is 0 Å². The predicted molar refractivity (Wildman–Crippen MR) is 72.7 cm³/mol. The summed E-state index contributed by atoms with van der Waals surface area (Å²) in [4.78, 5) is 2.58. The van der Waals surface area contributed by atoms with Crippen LogP contribution in [-0.2, 0) is 4.43 Å². The van der Waals surface area contributed by atoms with Crippen LogP contribution in [0.25, 0.3) is 0 Å². The van der Waals surface area contributed by atoms with Gasteiger partial charge >= 0.3 is 0 Å². The van der Waals surface area contributed by atoms with Crippen LogP contribution in [0, 0.1) is 5.92 Å². The maximum Gasteiger partial charge on any atom is 0.162 e. The fourth-order valence-corrected chi connectivity index (χ4v) is 3.31. The lowest BCUT2D eigenvalue weighted by molar-refractivity contribution is 0.135. The van der Waals surface area contributed by atoms with E-state index < -0.39 is 0 Å². The topological polar surface area (TPSA) is 24.5 Å². The molecule has 0 aromatic rings. The van der Waals surface area contributed by atoms with Gasteiger partial charge in [0.2, 0.25) is 0 Å². The van der Waals surface area contributed by atoms with Gasteiger partial charge in [0.25, 0.3) is 0 Å². The second-order valence-corrected chi connectivity index (χ2v) is 7.18. The first kappa shape index (κ1) is 14.2. The fraction of sp³-hybridized carbons (Fsp3) is 1.00. The molecule has 1 unspecified atom stereocenters. The maximum absolute atomic E-state index is 5.90. The molecule has 1 N–H and O–H groups in total. The Morgan fingerprint density at radius 3 is 2.50 bits per heavy atom. The van der Waals surface area contributed by atoms with Gasteiger partial charge in [0.05, 0.1) is 0 Å². The minimum Gasteiger partial charge on any atom is -0.419 e. The van der Waals surface area contributed by atoms with Crippen LogP contribution >= 0.6 is 0 Å². The molecule has 0 bridgehead atoms. The van der Waals surface area contributed by atoms with E-state index in [9.17, 15) is 0 Å². The van der Waals surface area contributed by atoms with Crippen LogP contribution in [0.1, 0.15) is 27.7 Å². The summed E-state index contributed by atoms with van der Waals surface area (Å²) in [6, 6.07) is 1.31. The molecule has 0 spiro atoms. The standard InChI is InChI=1S/C12H28N2OSi/c1-11(10-16-15-12(2,3)4)9-14-7-5-13-6-8-14/h11,13H,5-10,16H2,1-4H3. The Bertz CT molecular complexity index is 188. The van der Waals surface area contributed by atoms with E-state index in [2.05, 4.69) is 37.9 Å². The zero-order valence-electron chi connectivity index (χ0n) is 11.4. The summed E-state index contributed by atoms with van der Waals surface area (Å²) < 4.78 is 5.90. The lowest BCUT2D eigenvalue weighted by Crippen LogP contribution is -2.45. The summed E-state index contributed by atoms with van der Waals surface area (Å²) >= 11 is 0. The van der Waals surface area contributed by atoms with E-state index >= 15 is 0 Å². The Labute approximate surface area is 103 Å². The third-order valence-corrected chi connectivity index (χ3v) is 5.22. The Morgan fingerprint density at radius 1 is 1.31 bits per heavy atom. The van der Waals surface area contributed by atoms with Crippen LogP contribution < -0.4 is 5.32 Å². The Balaban J connectivity index is 2.08. The van der Waals surface area contributed by atoms with Crippen LogP contribution in [0.2, 0.25) is 6.04 Å². The quantitative estimate of drug-likeness (QED) is 0.726. The van der Waals surface area contributed by atoms with E-state index in [1.54, 1.807) is 0 Å². The molecule has 4 heteroatoms. The molecule has 3 nitrogen and oxygen atoms in total. The molecule has 1 atom stereocenters. The van der Waals surface area contributed by atoms with Gasteiger partial charge in [-0.1, -0.05) is 6.92 Å². The molecule has 1 saturated heterocycles. The van der Waals surface area contributed by atoms with Gasteiger partial charge in [-0.15, -0.1) is 0 Å². The van der Waals surface area contributed by atoms with Gasteiger partial charge in [0.15, 0.2) is 9.76 Å². The van der Waals surface area contributed by atoms with Gasteiger partial charge in [0, 0.05) is 38.3 Å². The van der Waals surface area contributed by atoms with Gasteiger partial charge in [-0.3, -0.25) is 0 Å². The highest BCUT2D eigenvalue weighted by Crippen LogP contribution is 2.10. The Morgan fingerprint density at radius 2 is 1.94 bits per heavy atom. The first-order chi connectivity index (χ1) is 7.47. The van der Waals surface area contributed by atoms with Crippen LogP contribution in [0.3, 0.4) is 0 Å². The lowest BCUT2D eigenvalue weighted by Gasteiger charge is -2.30. The summed E-state index contributed by atoms with van der Waals surface area (Å²) in [5, 5.41) is 3.39. The molecule has 1 aliphatic rings. The van der Waals surface area contributed by atoms with Gasteiger partial charge in [-0.05, 0) is 32.7 Å². The molecule has 0 aromatic heterocycles. The van der Waals surface area contributed by atoms with Crippen molar-refractivity contribution in [2.45, 2.75) is 39.3 Å². The summed E-state index contributed by atoms with van der Waals surface area (Å²) in [5.74, 6) is 0.798. The van der Waals surface area contributed by atoms with E-state index in [4.69, 9.17) is 4.43 Å². The molecule has 0 saturated carbocycles. The molecular formula is C12H28N2OSi. The van der Waals surface area contributed by atoms with E-state index in [1.807, 2.05) is 0 Å². The van der Waals surface area contributed by atoms with Gasteiger partial charge in [0.1, 0.15) is 0 Å². The monoisotopic (exact) mass is 244 g/mol. The van der Waals surface area contributed by atoms with Crippen LogP contribution in [0.4, 0.5) is 0 Å². The fourth-order valence-electron chi connectivity index (χ4n) is 1.99. The minimum absolute atomic E-state index is 0.0704. The third-order valence-electron chi connectivity index (χ3n) is 2.93. The summed E-state index contributed by atoms with van der Waals surface area (Å²) in [7, 11) is -0.329. The maximum atomic E-state index is 5.90. The van der Waals surface area contributed by atoms with Crippen molar-refractivity contribution >= 4 is 9.76 Å². The van der Waals surface area contributed by atoms with Crippen LogP contribution in [0.5, 0.6) is 0 Å². The van der Waals surface area contributed by atoms with E-state index in [0.717, 1.165) is 19.0 Å². The number of piperazine rings is 1. The normalized spacial score (nSPS) is 21.8. The Kier molecular flexibility index (Phi) is 5.96. The average Bonchev–Trinajstić information content (AvgIpc) is 2.17. The number of rotatable bonds is 5. The Hall–Kier alpha value is 0.0969. The number of hydrogen-bond acceptors (Lipinski definition) is 3. The predicted octanol–water partition coefficient (Wildman–Crippen LogP) is 0.845. The SMILES string of the molecule is CC(C[SiH2]OC(C)(C)C)CN1CCNCC1. The van der Waals surface area contributed by atoms with Crippen molar-refractivity contribution in [3.8, 4) is 0 Å². The number of hydrogen-bond donors (Lipinski definition) is 1. The smallest absolute Gasteiger partial charge is 0.162 e. The van der Waals surface area contributed by atoms with Gasteiger partial charge < -0.3 is 14.6 Å². The molecule has 0 aliphatic carbocycles. The lowest BCUT2D eigenvalue weighted by atomic mass is 10.2.